The molecule has 2 aromatic rings. The Morgan fingerprint density at radius 1 is 1.35 bits per heavy atom. The number of fused-ring (bicyclic) bond motifs is 1. The van der Waals surface area contributed by atoms with Crippen molar-refractivity contribution in [2.45, 2.75) is 18.8 Å². The van der Waals surface area contributed by atoms with Crippen molar-refractivity contribution in [1.82, 2.24) is 14.9 Å². The van der Waals surface area contributed by atoms with E-state index in [9.17, 15) is 0 Å². The van der Waals surface area contributed by atoms with Crippen LogP contribution >= 0.6 is 11.6 Å². The van der Waals surface area contributed by atoms with Crippen LogP contribution in [0.25, 0.3) is 11.0 Å². The van der Waals surface area contributed by atoms with E-state index in [0.29, 0.717) is 5.92 Å². The van der Waals surface area contributed by atoms with Gasteiger partial charge in [-0.2, -0.15) is 0 Å². The number of aryl methyl sites for hydroxylation is 1. The fourth-order valence-electron chi connectivity index (χ4n) is 2.63. The third-order valence-corrected chi connectivity index (χ3v) is 3.82. The highest BCUT2D eigenvalue weighted by Gasteiger charge is 2.20. The van der Waals surface area contributed by atoms with Crippen molar-refractivity contribution in [2.24, 2.45) is 7.05 Å². The number of benzene rings is 1. The molecule has 0 bridgehead atoms. The van der Waals surface area contributed by atoms with Crippen LogP contribution in [0.1, 0.15) is 24.6 Å². The lowest BCUT2D eigenvalue weighted by Crippen LogP contribution is -2.27. The van der Waals surface area contributed by atoms with Crippen molar-refractivity contribution in [2.75, 3.05) is 13.1 Å². The zero-order chi connectivity index (χ0) is 11.8. The molecule has 1 fully saturated rings. The Morgan fingerprint density at radius 3 is 2.88 bits per heavy atom. The molecule has 0 radical (unpaired) electrons. The molecule has 1 aromatic carbocycles. The highest BCUT2D eigenvalue weighted by Crippen LogP contribution is 2.28. The van der Waals surface area contributed by atoms with E-state index in [1.54, 1.807) is 0 Å². The second kappa shape index (κ2) is 4.31. The van der Waals surface area contributed by atoms with Crippen LogP contribution in [0.3, 0.4) is 0 Å². The molecular formula is C13H16ClN3. The van der Waals surface area contributed by atoms with Crippen LogP contribution in [0.15, 0.2) is 18.2 Å². The van der Waals surface area contributed by atoms with E-state index in [2.05, 4.69) is 16.9 Å². The first-order chi connectivity index (χ1) is 8.25. The molecule has 1 aromatic heterocycles. The van der Waals surface area contributed by atoms with Crippen molar-refractivity contribution < 1.29 is 0 Å². The van der Waals surface area contributed by atoms with Gasteiger partial charge in [0.05, 0.1) is 11.0 Å². The largest absolute Gasteiger partial charge is 0.331 e. The predicted octanol–water partition coefficient (Wildman–Crippen LogP) is 2.69. The number of rotatable bonds is 1. The molecule has 0 amide bonds. The Balaban J connectivity index is 2.07. The number of nitrogens with one attached hydrogen (secondary N) is 1. The number of piperidine rings is 1. The molecule has 3 nitrogen and oxygen atoms in total. The molecule has 0 saturated carbocycles. The summed E-state index contributed by atoms with van der Waals surface area (Å²) < 4.78 is 2.19. The molecule has 0 atom stereocenters. The molecule has 1 aliphatic rings. The number of hydrogen-bond donors (Lipinski definition) is 1. The van der Waals surface area contributed by atoms with Gasteiger partial charge in [0.15, 0.2) is 0 Å². The SMILES string of the molecule is Cn1c(C2CCNCC2)nc2ccc(Cl)cc21. The normalized spacial score (nSPS) is 17.8. The van der Waals surface area contributed by atoms with Crippen molar-refractivity contribution in [3.63, 3.8) is 0 Å². The average Bonchev–Trinajstić information content (AvgIpc) is 2.68. The fourth-order valence-corrected chi connectivity index (χ4v) is 2.79. The highest BCUT2D eigenvalue weighted by molar-refractivity contribution is 6.31. The molecular weight excluding hydrogens is 234 g/mol. The first-order valence-electron chi connectivity index (χ1n) is 6.08. The fraction of sp³-hybridized carbons (Fsp3) is 0.462. The summed E-state index contributed by atoms with van der Waals surface area (Å²) in [5.41, 5.74) is 2.18. The van der Waals surface area contributed by atoms with Gasteiger partial charge in [0.25, 0.3) is 0 Å². The molecule has 17 heavy (non-hydrogen) atoms. The van der Waals surface area contributed by atoms with Gasteiger partial charge in [0, 0.05) is 18.0 Å². The number of aromatic nitrogens is 2. The second-order valence-electron chi connectivity index (χ2n) is 4.69. The van der Waals surface area contributed by atoms with Crippen molar-refractivity contribution >= 4 is 22.6 Å². The van der Waals surface area contributed by atoms with Gasteiger partial charge in [-0.1, -0.05) is 11.6 Å². The number of halogens is 1. The summed E-state index contributed by atoms with van der Waals surface area (Å²) in [6.45, 7) is 2.18. The monoisotopic (exact) mass is 249 g/mol. The van der Waals surface area contributed by atoms with Crippen molar-refractivity contribution in [1.29, 1.82) is 0 Å². The molecule has 1 saturated heterocycles. The molecule has 1 aliphatic heterocycles. The Bertz CT molecular complexity index is 541. The van der Waals surface area contributed by atoms with Crippen LogP contribution in [-0.4, -0.2) is 22.6 Å². The Hall–Kier alpha value is -1.06. The molecule has 2 heterocycles. The maximum atomic E-state index is 6.03. The Morgan fingerprint density at radius 2 is 2.12 bits per heavy atom. The third-order valence-electron chi connectivity index (χ3n) is 3.58. The molecule has 3 rings (SSSR count). The van der Waals surface area contributed by atoms with Crippen LogP contribution in [-0.2, 0) is 7.05 Å². The van der Waals surface area contributed by atoms with Crippen molar-refractivity contribution in [3.05, 3.63) is 29.0 Å². The van der Waals surface area contributed by atoms with Gasteiger partial charge in [-0.05, 0) is 44.1 Å². The Labute approximate surface area is 106 Å². The van der Waals surface area contributed by atoms with Gasteiger partial charge >= 0.3 is 0 Å². The summed E-state index contributed by atoms with van der Waals surface area (Å²) in [6, 6.07) is 5.90. The quantitative estimate of drug-likeness (QED) is 0.842. The molecule has 4 heteroatoms. The second-order valence-corrected chi connectivity index (χ2v) is 5.12. The molecule has 0 aliphatic carbocycles. The topological polar surface area (TPSA) is 29.9 Å². The summed E-state index contributed by atoms with van der Waals surface area (Å²) in [5.74, 6) is 1.77. The van der Waals surface area contributed by atoms with Gasteiger partial charge in [-0.15, -0.1) is 0 Å². The average molecular weight is 250 g/mol. The summed E-state index contributed by atoms with van der Waals surface area (Å²) in [7, 11) is 2.09. The minimum atomic E-state index is 0.576. The van der Waals surface area contributed by atoms with Gasteiger partial charge < -0.3 is 9.88 Å². The third kappa shape index (κ3) is 1.94. The minimum absolute atomic E-state index is 0.576. The summed E-state index contributed by atoms with van der Waals surface area (Å²) in [5, 5.41) is 4.16. The van der Waals surface area contributed by atoms with Crippen LogP contribution in [0, 0.1) is 0 Å². The van der Waals surface area contributed by atoms with Crippen molar-refractivity contribution in [3.8, 4) is 0 Å². The zero-order valence-corrected chi connectivity index (χ0v) is 10.7. The molecule has 1 N–H and O–H groups in total. The summed E-state index contributed by atoms with van der Waals surface area (Å²) in [6.07, 6.45) is 2.34. The van der Waals surface area contributed by atoms with Crippen LogP contribution in [0.4, 0.5) is 0 Å². The first kappa shape index (κ1) is 11.1. The zero-order valence-electron chi connectivity index (χ0n) is 9.91. The maximum Gasteiger partial charge on any atom is 0.112 e. The van der Waals surface area contributed by atoms with E-state index in [0.717, 1.165) is 29.1 Å². The van der Waals surface area contributed by atoms with Gasteiger partial charge in [0.2, 0.25) is 0 Å². The standard InChI is InChI=1S/C13H16ClN3/c1-17-12-8-10(14)2-3-11(12)16-13(17)9-4-6-15-7-5-9/h2-3,8-9,15H,4-7H2,1H3. The predicted molar refractivity (Wildman–Crippen MR) is 70.6 cm³/mol. The Kier molecular flexibility index (Phi) is 2.81. The summed E-state index contributed by atoms with van der Waals surface area (Å²) >= 11 is 6.03. The smallest absolute Gasteiger partial charge is 0.112 e. The molecule has 0 spiro atoms. The van der Waals surface area contributed by atoms with Gasteiger partial charge in [-0.25, -0.2) is 4.98 Å². The van der Waals surface area contributed by atoms with Crippen LogP contribution in [0.2, 0.25) is 5.02 Å². The number of nitrogens with zero attached hydrogens (tertiary/aromatic N) is 2. The highest BCUT2D eigenvalue weighted by atomic mass is 35.5. The lowest BCUT2D eigenvalue weighted by atomic mass is 9.97. The van der Waals surface area contributed by atoms with E-state index >= 15 is 0 Å². The van der Waals surface area contributed by atoms with Gasteiger partial charge in [-0.3, -0.25) is 0 Å². The van der Waals surface area contributed by atoms with E-state index in [1.165, 1.54) is 18.7 Å². The first-order valence-corrected chi connectivity index (χ1v) is 6.46. The van der Waals surface area contributed by atoms with E-state index in [1.807, 2.05) is 18.2 Å². The van der Waals surface area contributed by atoms with E-state index in [4.69, 9.17) is 16.6 Å². The summed E-state index contributed by atoms with van der Waals surface area (Å²) in [4.78, 5) is 4.75. The molecule has 0 unspecified atom stereocenters. The number of hydrogen-bond acceptors (Lipinski definition) is 2. The van der Waals surface area contributed by atoms with E-state index in [-0.39, 0.29) is 0 Å². The van der Waals surface area contributed by atoms with Crippen LogP contribution in [0.5, 0.6) is 0 Å². The minimum Gasteiger partial charge on any atom is -0.331 e. The van der Waals surface area contributed by atoms with Gasteiger partial charge in [0.1, 0.15) is 5.82 Å². The number of imidazole rings is 1. The van der Waals surface area contributed by atoms with Crippen LogP contribution < -0.4 is 5.32 Å². The lowest BCUT2D eigenvalue weighted by Gasteiger charge is -2.22. The maximum absolute atomic E-state index is 6.03. The molecule has 90 valence electrons. The lowest BCUT2D eigenvalue weighted by molar-refractivity contribution is 0.438. The van der Waals surface area contributed by atoms with E-state index < -0.39 is 0 Å².